The molecule has 2 amide bonds. The van der Waals surface area contributed by atoms with Gasteiger partial charge in [-0.1, -0.05) is 38.1 Å². The topological polar surface area (TPSA) is 62.3 Å². The van der Waals surface area contributed by atoms with Crippen LogP contribution in [0.4, 0.5) is 0 Å². The number of carbonyl (C=O) groups is 2. The quantitative estimate of drug-likeness (QED) is 0.806. The number of thiazole rings is 1. The Morgan fingerprint density at radius 2 is 1.96 bits per heavy atom. The number of nitrogens with zero attached hydrogens (tertiary/aromatic N) is 2. The van der Waals surface area contributed by atoms with E-state index in [1.54, 1.807) is 11.3 Å². The van der Waals surface area contributed by atoms with E-state index in [9.17, 15) is 9.59 Å². The van der Waals surface area contributed by atoms with Crippen molar-refractivity contribution in [3.05, 3.63) is 51.5 Å². The van der Waals surface area contributed by atoms with E-state index in [2.05, 4.69) is 18.3 Å². The molecule has 0 bridgehead atoms. The molecule has 0 saturated carbocycles. The van der Waals surface area contributed by atoms with Crippen molar-refractivity contribution in [2.24, 2.45) is 5.92 Å². The third kappa shape index (κ3) is 5.19. The van der Waals surface area contributed by atoms with Crippen LogP contribution >= 0.6 is 11.3 Å². The van der Waals surface area contributed by atoms with Gasteiger partial charge in [-0.15, -0.1) is 11.3 Å². The number of amides is 2. The second kappa shape index (κ2) is 9.32. The van der Waals surface area contributed by atoms with Crippen molar-refractivity contribution in [2.45, 2.75) is 52.5 Å². The molecule has 1 saturated heterocycles. The molecule has 0 spiro atoms. The number of hydrogen-bond acceptors (Lipinski definition) is 4. The van der Waals surface area contributed by atoms with Crippen molar-refractivity contribution in [3.63, 3.8) is 0 Å². The Balaban J connectivity index is 1.49. The van der Waals surface area contributed by atoms with E-state index < -0.39 is 0 Å². The molecule has 0 unspecified atom stereocenters. The molecular formula is C22H29N3O2S. The molecule has 1 aromatic heterocycles. The van der Waals surface area contributed by atoms with Crippen molar-refractivity contribution in [1.82, 2.24) is 15.2 Å². The number of carbonyl (C=O) groups excluding carboxylic acids is 2. The molecule has 150 valence electrons. The normalized spacial score (nSPS) is 15.1. The first kappa shape index (κ1) is 20.5. The zero-order valence-electron chi connectivity index (χ0n) is 16.9. The highest BCUT2D eigenvalue weighted by molar-refractivity contribution is 7.09. The SMILES string of the molecule is Cc1ccccc1CC(=O)N1CCC(c2nc(CNC(=O)C(C)C)cs2)CC1. The van der Waals surface area contributed by atoms with Crippen LogP contribution in [0.3, 0.4) is 0 Å². The molecule has 1 aliphatic heterocycles. The average Bonchev–Trinajstić information content (AvgIpc) is 3.17. The van der Waals surface area contributed by atoms with E-state index in [4.69, 9.17) is 4.98 Å². The first-order valence-corrected chi connectivity index (χ1v) is 10.9. The van der Waals surface area contributed by atoms with Crippen LogP contribution in [0, 0.1) is 12.8 Å². The van der Waals surface area contributed by atoms with Gasteiger partial charge in [-0.05, 0) is 30.9 Å². The number of nitrogens with one attached hydrogen (secondary N) is 1. The van der Waals surface area contributed by atoms with Crippen molar-refractivity contribution < 1.29 is 9.59 Å². The Labute approximate surface area is 171 Å². The van der Waals surface area contributed by atoms with Gasteiger partial charge >= 0.3 is 0 Å². The number of aromatic nitrogens is 1. The van der Waals surface area contributed by atoms with E-state index >= 15 is 0 Å². The summed E-state index contributed by atoms with van der Waals surface area (Å²) in [5, 5.41) is 6.07. The highest BCUT2D eigenvalue weighted by Crippen LogP contribution is 2.30. The first-order valence-electron chi connectivity index (χ1n) is 9.98. The molecule has 0 atom stereocenters. The number of rotatable bonds is 6. The third-order valence-electron chi connectivity index (χ3n) is 5.34. The molecule has 1 N–H and O–H groups in total. The van der Waals surface area contributed by atoms with Gasteiger partial charge in [0.1, 0.15) is 0 Å². The largest absolute Gasteiger partial charge is 0.350 e. The van der Waals surface area contributed by atoms with Crippen molar-refractivity contribution >= 4 is 23.2 Å². The van der Waals surface area contributed by atoms with Crippen LogP contribution in [-0.2, 0) is 22.6 Å². The summed E-state index contributed by atoms with van der Waals surface area (Å²) < 4.78 is 0. The maximum atomic E-state index is 12.6. The maximum absolute atomic E-state index is 12.6. The molecule has 1 aromatic carbocycles. The van der Waals surface area contributed by atoms with Crippen molar-refractivity contribution in [3.8, 4) is 0 Å². The maximum Gasteiger partial charge on any atom is 0.226 e. The summed E-state index contributed by atoms with van der Waals surface area (Å²) in [6, 6.07) is 8.09. The van der Waals surface area contributed by atoms with E-state index in [0.717, 1.165) is 42.2 Å². The fourth-order valence-corrected chi connectivity index (χ4v) is 4.42. The number of piperidine rings is 1. The van der Waals surface area contributed by atoms with Crippen LogP contribution in [0.15, 0.2) is 29.6 Å². The Bertz CT molecular complexity index is 823. The monoisotopic (exact) mass is 399 g/mol. The highest BCUT2D eigenvalue weighted by atomic mass is 32.1. The first-order chi connectivity index (χ1) is 13.4. The van der Waals surface area contributed by atoms with Crippen LogP contribution in [0.5, 0.6) is 0 Å². The van der Waals surface area contributed by atoms with E-state index in [0.29, 0.717) is 18.9 Å². The summed E-state index contributed by atoms with van der Waals surface area (Å²) in [4.78, 5) is 31.0. The second-order valence-corrected chi connectivity index (χ2v) is 8.70. The number of hydrogen-bond donors (Lipinski definition) is 1. The van der Waals surface area contributed by atoms with Crippen LogP contribution in [-0.4, -0.2) is 34.8 Å². The van der Waals surface area contributed by atoms with Gasteiger partial charge in [0.05, 0.1) is 23.7 Å². The molecule has 3 rings (SSSR count). The number of benzene rings is 1. The molecule has 1 fully saturated rings. The fraction of sp³-hybridized carbons (Fsp3) is 0.500. The lowest BCUT2D eigenvalue weighted by Crippen LogP contribution is -2.38. The van der Waals surface area contributed by atoms with E-state index in [1.807, 2.05) is 42.3 Å². The molecule has 2 aromatic rings. The molecule has 0 aliphatic carbocycles. The summed E-state index contributed by atoms with van der Waals surface area (Å²) in [6.45, 7) is 7.88. The van der Waals surface area contributed by atoms with E-state index in [-0.39, 0.29) is 17.7 Å². The van der Waals surface area contributed by atoms with Crippen molar-refractivity contribution in [2.75, 3.05) is 13.1 Å². The van der Waals surface area contributed by atoms with Crippen LogP contribution in [0.1, 0.15) is 54.4 Å². The molecule has 28 heavy (non-hydrogen) atoms. The lowest BCUT2D eigenvalue weighted by atomic mass is 9.96. The summed E-state index contributed by atoms with van der Waals surface area (Å²) in [7, 11) is 0. The smallest absolute Gasteiger partial charge is 0.226 e. The summed E-state index contributed by atoms with van der Waals surface area (Å²) in [5.41, 5.74) is 3.21. The Kier molecular flexibility index (Phi) is 6.83. The predicted octanol–water partition coefficient (Wildman–Crippen LogP) is 3.67. The molecule has 6 heteroatoms. The van der Waals surface area contributed by atoms with Crippen molar-refractivity contribution in [1.29, 1.82) is 0 Å². The minimum Gasteiger partial charge on any atom is -0.350 e. The Hall–Kier alpha value is -2.21. The lowest BCUT2D eigenvalue weighted by molar-refractivity contribution is -0.131. The Morgan fingerprint density at radius 3 is 2.64 bits per heavy atom. The van der Waals surface area contributed by atoms with Gasteiger partial charge in [-0.2, -0.15) is 0 Å². The zero-order valence-corrected chi connectivity index (χ0v) is 17.7. The average molecular weight is 400 g/mol. The molecule has 5 nitrogen and oxygen atoms in total. The zero-order chi connectivity index (χ0) is 20.1. The minimum absolute atomic E-state index is 0.0142. The van der Waals surface area contributed by atoms with Crippen LogP contribution in [0.25, 0.3) is 0 Å². The Morgan fingerprint density at radius 1 is 1.25 bits per heavy atom. The fourth-order valence-electron chi connectivity index (χ4n) is 3.43. The highest BCUT2D eigenvalue weighted by Gasteiger charge is 2.26. The van der Waals surface area contributed by atoms with Gasteiger partial charge in [0.25, 0.3) is 0 Å². The molecular weight excluding hydrogens is 370 g/mol. The van der Waals surface area contributed by atoms with E-state index in [1.165, 1.54) is 5.56 Å². The lowest BCUT2D eigenvalue weighted by Gasteiger charge is -2.31. The predicted molar refractivity (Wildman–Crippen MR) is 112 cm³/mol. The number of aryl methyl sites for hydroxylation is 1. The van der Waals surface area contributed by atoms with Gasteiger partial charge in [0, 0.05) is 30.3 Å². The number of likely N-dealkylation sites (tertiary alicyclic amines) is 1. The summed E-state index contributed by atoms with van der Waals surface area (Å²) >= 11 is 1.66. The van der Waals surface area contributed by atoms with Gasteiger partial charge in [0.15, 0.2) is 0 Å². The van der Waals surface area contributed by atoms with Gasteiger partial charge in [-0.25, -0.2) is 4.98 Å². The van der Waals surface area contributed by atoms with Gasteiger partial charge < -0.3 is 10.2 Å². The summed E-state index contributed by atoms with van der Waals surface area (Å²) in [6.07, 6.45) is 2.38. The van der Waals surface area contributed by atoms with Gasteiger partial charge in [-0.3, -0.25) is 9.59 Å². The minimum atomic E-state index is -0.0142. The molecule has 0 radical (unpaired) electrons. The van der Waals surface area contributed by atoms with Crippen LogP contribution in [0.2, 0.25) is 0 Å². The molecule has 2 heterocycles. The third-order valence-corrected chi connectivity index (χ3v) is 6.39. The summed E-state index contributed by atoms with van der Waals surface area (Å²) in [5.74, 6) is 0.653. The molecule has 1 aliphatic rings. The van der Waals surface area contributed by atoms with Crippen LogP contribution < -0.4 is 5.32 Å². The standard InChI is InChI=1S/C22H29N3O2S/c1-15(2)21(27)23-13-19-14-28-22(24-19)17-8-10-25(11-9-17)20(26)12-18-7-5-4-6-16(18)3/h4-7,14-15,17H,8-13H2,1-3H3,(H,23,27). The second-order valence-electron chi connectivity index (χ2n) is 7.81. The van der Waals surface area contributed by atoms with Gasteiger partial charge in [0.2, 0.25) is 11.8 Å².